The summed E-state index contributed by atoms with van der Waals surface area (Å²) < 4.78 is 0. The maximum atomic E-state index is 11.0. The van der Waals surface area contributed by atoms with Gasteiger partial charge in [-0.15, -0.1) is 0 Å². The second-order valence-corrected chi connectivity index (χ2v) is 4.49. The Labute approximate surface area is 104 Å². The molecule has 0 amide bonds. The van der Waals surface area contributed by atoms with Gasteiger partial charge in [-0.2, -0.15) is 0 Å². The van der Waals surface area contributed by atoms with Crippen LogP contribution < -0.4 is 5.32 Å². The Bertz CT molecular complexity index is 455. The van der Waals surface area contributed by atoms with Crippen molar-refractivity contribution in [1.82, 2.24) is 5.32 Å². The minimum absolute atomic E-state index is 0.0114. The molecule has 2 rings (SSSR count). The molecule has 1 heterocycles. The van der Waals surface area contributed by atoms with Crippen LogP contribution in [-0.2, 0) is 4.79 Å². The van der Waals surface area contributed by atoms with Crippen LogP contribution in [0.1, 0.15) is 34.8 Å². The number of benzene rings is 1. The van der Waals surface area contributed by atoms with Gasteiger partial charge in [-0.05, 0) is 37.1 Å². The molecule has 5 heteroatoms. The fraction of sp³-hybridized carbons (Fsp3) is 0.385. The molecule has 0 spiro atoms. The highest BCUT2D eigenvalue weighted by atomic mass is 16.4. The summed E-state index contributed by atoms with van der Waals surface area (Å²) >= 11 is 0. The highest BCUT2D eigenvalue weighted by Gasteiger charge is 2.27. The van der Waals surface area contributed by atoms with Crippen LogP contribution in [0.15, 0.2) is 24.3 Å². The Balaban J connectivity index is 2.11. The van der Waals surface area contributed by atoms with E-state index >= 15 is 0 Å². The average molecular weight is 249 g/mol. The lowest BCUT2D eigenvalue weighted by molar-refractivity contribution is -0.143. The van der Waals surface area contributed by atoms with Gasteiger partial charge in [0.1, 0.15) is 0 Å². The van der Waals surface area contributed by atoms with Gasteiger partial charge in [-0.1, -0.05) is 12.1 Å². The Hall–Kier alpha value is -1.88. The van der Waals surface area contributed by atoms with E-state index < -0.39 is 11.9 Å². The zero-order valence-electron chi connectivity index (χ0n) is 9.80. The minimum Gasteiger partial charge on any atom is -0.481 e. The zero-order chi connectivity index (χ0) is 13.1. The van der Waals surface area contributed by atoms with Crippen molar-refractivity contribution in [1.29, 1.82) is 0 Å². The number of hydrogen-bond donors (Lipinski definition) is 3. The molecule has 96 valence electrons. The molecular weight excluding hydrogens is 234 g/mol. The zero-order valence-corrected chi connectivity index (χ0v) is 9.80. The predicted octanol–water partition coefficient (Wildman–Crippen LogP) is 1.51. The molecule has 0 aromatic heterocycles. The second-order valence-electron chi connectivity index (χ2n) is 4.49. The molecule has 5 nitrogen and oxygen atoms in total. The summed E-state index contributed by atoms with van der Waals surface area (Å²) in [5.41, 5.74) is 1.18. The molecule has 1 fully saturated rings. The summed E-state index contributed by atoms with van der Waals surface area (Å²) in [5, 5.41) is 21.1. The van der Waals surface area contributed by atoms with E-state index in [1.165, 1.54) is 0 Å². The molecular formula is C13H15NO4. The number of rotatable bonds is 3. The molecule has 3 N–H and O–H groups in total. The Morgan fingerprint density at radius 1 is 1.17 bits per heavy atom. The van der Waals surface area contributed by atoms with E-state index in [0.717, 1.165) is 5.56 Å². The largest absolute Gasteiger partial charge is 0.481 e. The van der Waals surface area contributed by atoms with Gasteiger partial charge in [0, 0.05) is 6.04 Å². The third-order valence-electron chi connectivity index (χ3n) is 3.31. The topological polar surface area (TPSA) is 86.6 Å². The summed E-state index contributed by atoms with van der Waals surface area (Å²) in [4.78, 5) is 21.7. The Morgan fingerprint density at radius 3 is 2.39 bits per heavy atom. The van der Waals surface area contributed by atoms with E-state index in [-0.39, 0.29) is 17.5 Å². The van der Waals surface area contributed by atoms with E-state index in [1.54, 1.807) is 24.3 Å². The van der Waals surface area contributed by atoms with Gasteiger partial charge >= 0.3 is 11.9 Å². The van der Waals surface area contributed by atoms with Crippen molar-refractivity contribution in [3.8, 4) is 0 Å². The molecule has 2 atom stereocenters. The van der Waals surface area contributed by atoms with E-state index in [1.807, 2.05) is 0 Å². The van der Waals surface area contributed by atoms with E-state index in [4.69, 9.17) is 10.2 Å². The first-order valence-electron chi connectivity index (χ1n) is 5.87. The maximum Gasteiger partial charge on any atom is 0.335 e. The molecule has 0 bridgehead atoms. The number of piperidine rings is 1. The van der Waals surface area contributed by atoms with Gasteiger partial charge in [0.15, 0.2) is 0 Å². The molecule has 1 aromatic carbocycles. The fourth-order valence-corrected chi connectivity index (χ4v) is 2.25. The van der Waals surface area contributed by atoms with Crippen molar-refractivity contribution in [3.63, 3.8) is 0 Å². The van der Waals surface area contributed by atoms with Crippen LogP contribution in [0.5, 0.6) is 0 Å². The summed E-state index contributed by atoms with van der Waals surface area (Å²) in [6.45, 7) is 0.669. The molecule has 1 saturated heterocycles. The first-order valence-corrected chi connectivity index (χ1v) is 5.87. The van der Waals surface area contributed by atoms with Crippen molar-refractivity contribution >= 4 is 11.9 Å². The molecule has 1 aliphatic heterocycles. The van der Waals surface area contributed by atoms with Crippen molar-refractivity contribution in [2.75, 3.05) is 6.54 Å². The molecule has 1 aliphatic rings. The van der Waals surface area contributed by atoms with Crippen LogP contribution in [0.3, 0.4) is 0 Å². The predicted molar refractivity (Wildman–Crippen MR) is 64.5 cm³/mol. The van der Waals surface area contributed by atoms with Crippen LogP contribution in [-0.4, -0.2) is 28.7 Å². The fourth-order valence-electron chi connectivity index (χ4n) is 2.25. The molecule has 0 aliphatic carbocycles. The standard InChI is InChI=1S/C13H15NO4/c15-12(16)9-3-1-8(2-4-9)11-7-10(13(17)18)5-6-14-11/h1-4,10-11,14H,5-7H2,(H,15,16)(H,17,18). The van der Waals surface area contributed by atoms with Crippen LogP contribution in [0.25, 0.3) is 0 Å². The molecule has 1 aromatic rings. The van der Waals surface area contributed by atoms with Gasteiger partial charge < -0.3 is 15.5 Å². The van der Waals surface area contributed by atoms with Crippen molar-refractivity contribution < 1.29 is 19.8 Å². The van der Waals surface area contributed by atoms with Gasteiger partial charge in [0.2, 0.25) is 0 Å². The third kappa shape index (κ3) is 2.68. The van der Waals surface area contributed by atoms with Gasteiger partial charge in [0.25, 0.3) is 0 Å². The Kier molecular flexibility index (Phi) is 3.62. The first-order chi connectivity index (χ1) is 8.58. The van der Waals surface area contributed by atoms with Crippen molar-refractivity contribution in [2.24, 2.45) is 5.92 Å². The minimum atomic E-state index is -0.957. The molecule has 0 saturated carbocycles. The third-order valence-corrected chi connectivity index (χ3v) is 3.31. The number of carboxylic acid groups (broad SMARTS) is 2. The van der Waals surface area contributed by atoms with Crippen molar-refractivity contribution in [2.45, 2.75) is 18.9 Å². The lowest BCUT2D eigenvalue weighted by Crippen LogP contribution is -2.34. The number of nitrogens with one attached hydrogen (secondary N) is 1. The van der Waals surface area contributed by atoms with E-state index in [2.05, 4.69) is 5.32 Å². The Morgan fingerprint density at radius 2 is 1.83 bits per heavy atom. The van der Waals surface area contributed by atoms with Gasteiger partial charge in [-0.3, -0.25) is 4.79 Å². The lowest BCUT2D eigenvalue weighted by Gasteiger charge is -2.28. The second kappa shape index (κ2) is 5.18. The summed E-state index contributed by atoms with van der Waals surface area (Å²) in [5.74, 6) is -2.04. The smallest absolute Gasteiger partial charge is 0.335 e. The highest BCUT2D eigenvalue weighted by Crippen LogP contribution is 2.27. The number of aromatic carboxylic acids is 1. The number of carbonyl (C=O) groups is 2. The molecule has 0 radical (unpaired) electrons. The van der Waals surface area contributed by atoms with Crippen LogP contribution in [0.2, 0.25) is 0 Å². The van der Waals surface area contributed by atoms with Crippen LogP contribution >= 0.6 is 0 Å². The van der Waals surface area contributed by atoms with Gasteiger partial charge in [-0.25, -0.2) is 4.79 Å². The van der Waals surface area contributed by atoms with Crippen LogP contribution in [0.4, 0.5) is 0 Å². The van der Waals surface area contributed by atoms with Crippen LogP contribution in [0, 0.1) is 5.92 Å². The van der Waals surface area contributed by atoms with Gasteiger partial charge in [0.05, 0.1) is 11.5 Å². The van der Waals surface area contributed by atoms with Crippen molar-refractivity contribution in [3.05, 3.63) is 35.4 Å². The van der Waals surface area contributed by atoms with E-state index in [0.29, 0.717) is 19.4 Å². The van der Waals surface area contributed by atoms with E-state index in [9.17, 15) is 9.59 Å². The summed E-state index contributed by atoms with van der Waals surface area (Å²) in [6.07, 6.45) is 1.18. The molecule has 2 unspecified atom stereocenters. The monoisotopic (exact) mass is 249 g/mol. The quantitative estimate of drug-likeness (QED) is 0.756. The summed E-state index contributed by atoms with van der Waals surface area (Å²) in [6, 6.07) is 6.56. The highest BCUT2D eigenvalue weighted by molar-refractivity contribution is 5.87. The average Bonchev–Trinajstić information content (AvgIpc) is 2.39. The normalized spacial score (nSPS) is 23.6. The lowest BCUT2D eigenvalue weighted by atomic mass is 9.88. The number of aliphatic carboxylic acids is 1. The summed E-state index contributed by atoms with van der Waals surface area (Å²) in [7, 11) is 0. The number of carboxylic acids is 2. The SMILES string of the molecule is O=C(O)c1ccc(C2CC(C(=O)O)CCN2)cc1. The molecule has 18 heavy (non-hydrogen) atoms. The first kappa shape index (κ1) is 12.6. The maximum absolute atomic E-state index is 11.0. The number of hydrogen-bond acceptors (Lipinski definition) is 3.